The van der Waals surface area contributed by atoms with Crippen molar-refractivity contribution in [2.24, 2.45) is 0 Å². The second-order valence-electron chi connectivity index (χ2n) is 5.83. The van der Waals surface area contributed by atoms with Gasteiger partial charge >= 0.3 is 0 Å². The number of likely N-dealkylation sites (tertiary alicyclic amines) is 1. The van der Waals surface area contributed by atoms with Crippen molar-refractivity contribution in [3.63, 3.8) is 0 Å². The third-order valence-corrected chi connectivity index (χ3v) is 4.14. The van der Waals surface area contributed by atoms with Crippen LogP contribution < -0.4 is 0 Å². The summed E-state index contributed by atoms with van der Waals surface area (Å²) < 4.78 is 5.64. The Bertz CT molecular complexity index is 450. The van der Waals surface area contributed by atoms with Gasteiger partial charge in [0.2, 0.25) is 0 Å². The zero-order valence-corrected chi connectivity index (χ0v) is 13.6. The lowest BCUT2D eigenvalue weighted by Gasteiger charge is -2.32. The van der Waals surface area contributed by atoms with Crippen molar-refractivity contribution in [2.45, 2.75) is 38.7 Å². The van der Waals surface area contributed by atoms with Crippen molar-refractivity contribution in [1.82, 2.24) is 4.90 Å². The topological polar surface area (TPSA) is 29.5 Å². The van der Waals surface area contributed by atoms with Crippen LogP contribution in [0.2, 0.25) is 0 Å². The molecule has 1 aliphatic heterocycles. The summed E-state index contributed by atoms with van der Waals surface area (Å²) in [4.78, 5) is 14.4. The molecule has 1 aliphatic rings. The molecular formula is C17H24ClNO2. The monoisotopic (exact) mass is 309 g/mol. The van der Waals surface area contributed by atoms with E-state index in [0.717, 1.165) is 31.5 Å². The van der Waals surface area contributed by atoms with Crippen LogP contribution in [0.4, 0.5) is 0 Å². The second-order valence-corrected chi connectivity index (χ2v) is 6.21. The average Bonchev–Trinajstić information content (AvgIpc) is 2.53. The number of piperidine rings is 1. The summed E-state index contributed by atoms with van der Waals surface area (Å²) in [5.74, 6) is 1.14. The average molecular weight is 310 g/mol. The molecule has 1 aromatic rings. The highest BCUT2D eigenvalue weighted by atomic mass is 35.5. The number of carbonyl (C=O) groups excluding carboxylic acids is 1. The Morgan fingerprint density at radius 1 is 1.29 bits per heavy atom. The van der Waals surface area contributed by atoms with E-state index in [4.69, 9.17) is 16.3 Å². The smallest absolute Gasteiger partial charge is 0.253 e. The highest BCUT2D eigenvalue weighted by molar-refractivity contribution is 6.17. The Hall–Kier alpha value is -1.06. The molecule has 2 rings (SSSR count). The molecular weight excluding hydrogens is 286 g/mol. The molecule has 0 spiro atoms. The summed E-state index contributed by atoms with van der Waals surface area (Å²) in [6, 6.07) is 7.98. The Labute approximate surface area is 132 Å². The van der Waals surface area contributed by atoms with E-state index < -0.39 is 0 Å². The van der Waals surface area contributed by atoms with Crippen molar-refractivity contribution >= 4 is 17.5 Å². The normalized spacial score (nSPS) is 16.5. The second kappa shape index (κ2) is 7.81. The van der Waals surface area contributed by atoms with Gasteiger partial charge < -0.3 is 9.64 Å². The van der Waals surface area contributed by atoms with Crippen LogP contribution in [0.25, 0.3) is 0 Å². The predicted octanol–water partition coefficient (Wildman–Crippen LogP) is 3.67. The quantitative estimate of drug-likeness (QED) is 0.777. The first-order chi connectivity index (χ1) is 10.1. The van der Waals surface area contributed by atoms with Gasteiger partial charge in [-0.1, -0.05) is 26.0 Å². The molecule has 0 radical (unpaired) electrons. The van der Waals surface area contributed by atoms with Crippen molar-refractivity contribution < 1.29 is 9.53 Å². The third kappa shape index (κ3) is 4.45. The van der Waals surface area contributed by atoms with Gasteiger partial charge in [-0.15, -0.1) is 11.6 Å². The highest BCUT2D eigenvalue weighted by Gasteiger charge is 2.23. The summed E-state index contributed by atoms with van der Waals surface area (Å²) in [5, 5.41) is 0. The van der Waals surface area contributed by atoms with E-state index in [9.17, 15) is 4.79 Å². The maximum absolute atomic E-state index is 12.5. The molecule has 0 bridgehead atoms. The fourth-order valence-corrected chi connectivity index (χ4v) is 2.72. The van der Waals surface area contributed by atoms with Crippen LogP contribution in [0, 0.1) is 0 Å². The van der Waals surface area contributed by atoms with Gasteiger partial charge in [-0.05, 0) is 36.5 Å². The number of hydrogen-bond acceptors (Lipinski definition) is 2. The van der Waals surface area contributed by atoms with Gasteiger partial charge in [-0.2, -0.15) is 0 Å². The van der Waals surface area contributed by atoms with E-state index in [2.05, 4.69) is 13.8 Å². The van der Waals surface area contributed by atoms with Crippen molar-refractivity contribution in [1.29, 1.82) is 0 Å². The third-order valence-electron chi connectivity index (χ3n) is 3.98. The molecule has 1 aromatic carbocycles. The molecule has 1 heterocycles. The summed E-state index contributed by atoms with van der Waals surface area (Å²) >= 11 is 5.63. The standard InChI is InChI=1S/C17H24ClNO2/c1-13(2)14-3-5-15(6-4-14)17(20)19-10-7-16(8-11-19)21-12-9-18/h3-6,13,16H,7-12H2,1-2H3. The molecule has 1 fully saturated rings. The zero-order chi connectivity index (χ0) is 15.2. The first kappa shape index (κ1) is 16.3. The SMILES string of the molecule is CC(C)c1ccc(C(=O)N2CCC(OCCCl)CC2)cc1. The first-order valence-corrected chi connectivity index (χ1v) is 8.22. The molecule has 0 aromatic heterocycles. The fourth-order valence-electron chi connectivity index (χ4n) is 2.63. The van der Waals surface area contributed by atoms with Crippen LogP contribution in [0.3, 0.4) is 0 Å². The Morgan fingerprint density at radius 3 is 2.43 bits per heavy atom. The van der Waals surface area contributed by atoms with E-state index in [1.807, 2.05) is 29.2 Å². The summed E-state index contributed by atoms with van der Waals surface area (Å²) in [6.45, 7) is 6.43. The van der Waals surface area contributed by atoms with E-state index in [1.54, 1.807) is 0 Å². The van der Waals surface area contributed by atoms with E-state index in [1.165, 1.54) is 5.56 Å². The Kier molecular flexibility index (Phi) is 6.07. The minimum Gasteiger partial charge on any atom is -0.377 e. The lowest BCUT2D eigenvalue weighted by atomic mass is 10.0. The molecule has 0 atom stereocenters. The van der Waals surface area contributed by atoms with Crippen LogP contribution in [0.5, 0.6) is 0 Å². The van der Waals surface area contributed by atoms with Gasteiger partial charge in [0.15, 0.2) is 0 Å². The van der Waals surface area contributed by atoms with Crippen molar-refractivity contribution in [3.05, 3.63) is 35.4 Å². The molecule has 1 saturated heterocycles. The Morgan fingerprint density at radius 2 is 1.90 bits per heavy atom. The number of carbonyl (C=O) groups is 1. The largest absolute Gasteiger partial charge is 0.377 e. The minimum absolute atomic E-state index is 0.126. The number of alkyl halides is 1. The van der Waals surface area contributed by atoms with Crippen LogP contribution in [0.15, 0.2) is 24.3 Å². The van der Waals surface area contributed by atoms with E-state index in [0.29, 0.717) is 18.4 Å². The number of halogens is 1. The first-order valence-electron chi connectivity index (χ1n) is 7.68. The molecule has 3 nitrogen and oxygen atoms in total. The molecule has 0 N–H and O–H groups in total. The zero-order valence-electron chi connectivity index (χ0n) is 12.8. The summed E-state index contributed by atoms with van der Waals surface area (Å²) in [7, 11) is 0. The van der Waals surface area contributed by atoms with Crippen LogP contribution in [-0.2, 0) is 4.74 Å². The number of amides is 1. The van der Waals surface area contributed by atoms with Crippen LogP contribution >= 0.6 is 11.6 Å². The highest BCUT2D eigenvalue weighted by Crippen LogP contribution is 2.19. The molecule has 1 amide bonds. The number of ether oxygens (including phenoxy) is 1. The molecule has 4 heteroatoms. The van der Waals surface area contributed by atoms with Crippen LogP contribution in [0.1, 0.15) is 48.5 Å². The maximum Gasteiger partial charge on any atom is 0.253 e. The van der Waals surface area contributed by atoms with Gasteiger partial charge in [-0.3, -0.25) is 4.79 Å². The van der Waals surface area contributed by atoms with Gasteiger partial charge in [0.25, 0.3) is 5.91 Å². The summed E-state index contributed by atoms with van der Waals surface area (Å²) in [6.07, 6.45) is 2.04. The van der Waals surface area contributed by atoms with Gasteiger partial charge in [0.1, 0.15) is 0 Å². The van der Waals surface area contributed by atoms with Crippen molar-refractivity contribution in [2.75, 3.05) is 25.6 Å². The van der Waals surface area contributed by atoms with Crippen molar-refractivity contribution in [3.8, 4) is 0 Å². The number of nitrogens with zero attached hydrogens (tertiary/aromatic N) is 1. The molecule has 0 saturated carbocycles. The molecule has 0 aliphatic carbocycles. The summed E-state index contributed by atoms with van der Waals surface area (Å²) in [5.41, 5.74) is 2.04. The lowest BCUT2D eigenvalue weighted by molar-refractivity contribution is 0.0154. The number of hydrogen-bond donors (Lipinski definition) is 0. The van der Waals surface area contributed by atoms with Gasteiger partial charge in [0.05, 0.1) is 12.7 Å². The molecule has 0 unspecified atom stereocenters. The van der Waals surface area contributed by atoms with Crippen LogP contribution in [-0.4, -0.2) is 42.5 Å². The predicted molar refractivity (Wildman–Crippen MR) is 86.1 cm³/mol. The maximum atomic E-state index is 12.5. The molecule has 21 heavy (non-hydrogen) atoms. The van der Waals surface area contributed by atoms with E-state index in [-0.39, 0.29) is 12.0 Å². The number of rotatable bonds is 5. The van der Waals surface area contributed by atoms with Gasteiger partial charge in [-0.25, -0.2) is 0 Å². The molecule has 116 valence electrons. The number of benzene rings is 1. The van der Waals surface area contributed by atoms with Gasteiger partial charge in [0, 0.05) is 24.5 Å². The minimum atomic E-state index is 0.126. The lowest BCUT2D eigenvalue weighted by Crippen LogP contribution is -2.41. The Balaban J connectivity index is 1.89. The fraction of sp³-hybridized carbons (Fsp3) is 0.588. The van der Waals surface area contributed by atoms with E-state index >= 15 is 0 Å².